The van der Waals surface area contributed by atoms with Crippen molar-refractivity contribution in [1.82, 2.24) is 4.98 Å². The number of aryl methyl sites for hydroxylation is 1. The molecular weight excluding hydrogens is 228 g/mol. The van der Waals surface area contributed by atoms with Crippen LogP contribution in [0.1, 0.15) is 11.3 Å². The summed E-state index contributed by atoms with van der Waals surface area (Å²) in [5.74, 6) is 0.657. The Labute approximate surface area is 106 Å². The lowest BCUT2D eigenvalue weighted by Gasteiger charge is -2.11. The van der Waals surface area contributed by atoms with Gasteiger partial charge in [-0.3, -0.25) is 0 Å². The fourth-order valence-electron chi connectivity index (χ4n) is 1.47. The van der Waals surface area contributed by atoms with Gasteiger partial charge in [0.15, 0.2) is 5.69 Å². The molecule has 0 fully saturated rings. The van der Waals surface area contributed by atoms with Crippen molar-refractivity contribution >= 4 is 12.0 Å². The predicted octanol–water partition coefficient (Wildman–Crippen LogP) is 1.00. The number of nitrogens with zero attached hydrogens (tertiary/aromatic N) is 2. The molecule has 0 saturated heterocycles. The van der Waals surface area contributed by atoms with Crippen molar-refractivity contribution in [2.24, 2.45) is 0 Å². The number of rotatable bonds is 3. The van der Waals surface area contributed by atoms with E-state index in [0.29, 0.717) is 5.56 Å². The number of hydrogen-bond acceptors (Lipinski definition) is 3. The molecule has 18 heavy (non-hydrogen) atoms. The van der Waals surface area contributed by atoms with Gasteiger partial charge in [-0.15, -0.1) is 0 Å². The molecule has 0 amide bonds. The summed E-state index contributed by atoms with van der Waals surface area (Å²) in [7, 11) is 1.59. The minimum absolute atomic E-state index is 0.0756. The van der Waals surface area contributed by atoms with E-state index in [1.807, 2.05) is 13.0 Å². The van der Waals surface area contributed by atoms with Gasteiger partial charge in [-0.05, 0) is 17.7 Å². The third kappa shape index (κ3) is 2.85. The Morgan fingerprint density at radius 3 is 2.56 bits per heavy atom. The van der Waals surface area contributed by atoms with Gasteiger partial charge in [-0.2, -0.15) is 0 Å². The first kappa shape index (κ1) is 12.1. The second-order valence-electron chi connectivity index (χ2n) is 3.87. The molecule has 0 bridgehead atoms. The number of benzene rings is 1. The lowest BCUT2D eigenvalue weighted by atomic mass is 10.2. The fourth-order valence-corrected chi connectivity index (χ4v) is 1.47. The Bertz CT molecular complexity index is 545. The van der Waals surface area contributed by atoms with Gasteiger partial charge in [-0.25, -0.2) is 4.57 Å². The molecule has 1 heterocycles. The topological polar surface area (TPSA) is 49.1 Å². The number of aromatic nitrogens is 2. The summed E-state index contributed by atoms with van der Waals surface area (Å²) in [5, 5.41) is 12.0. The van der Waals surface area contributed by atoms with E-state index in [2.05, 4.69) is 4.98 Å². The molecule has 1 aromatic heterocycles. The molecule has 0 aliphatic rings. The summed E-state index contributed by atoms with van der Waals surface area (Å²) in [5.41, 5.74) is 1.53. The van der Waals surface area contributed by atoms with Gasteiger partial charge in [0.1, 0.15) is 5.75 Å². The molecule has 4 heteroatoms. The zero-order valence-electron chi connectivity index (χ0n) is 10.3. The largest absolute Gasteiger partial charge is 0.870 e. The summed E-state index contributed by atoms with van der Waals surface area (Å²) >= 11 is 0. The predicted molar refractivity (Wildman–Crippen MR) is 66.3 cm³/mol. The second kappa shape index (κ2) is 5.31. The molecule has 0 spiro atoms. The van der Waals surface area contributed by atoms with E-state index in [-0.39, 0.29) is 5.76 Å². The van der Waals surface area contributed by atoms with Gasteiger partial charge in [-0.1, -0.05) is 22.9 Å². The van der Waals surface area contributed by atoms with Gasteiger partial charge in [0, 0.05) is 13.0 Å². The van der Waals surface area contributed by atoms with Gasteiger partial charge in [0.2, 0.25) is 0 Å². The highest BCUT2D eigenvalue weighted by Gasteiger charge is 1.97. The van der Waals surface area contributed by atoms with Crippen molar-refractivity contribution in [2.45, 2.75) is 6.92 Å². The minimum Gasteiger partial charge on any atom is -0.870 e. The van der Waals surface area contributed by atoms with Gasteiger partial charge >= 0.3 is 0 Å². The number of ether oxygens (including phenoxy) is 1. The number of hydrogen-bond donors (Lipinski definition) is 0. The van der Waals surface area contributed by atoms with Crippen LogP contribution in [-0.2, 0) is 0 Å². The molecule has 0 N–H and O–H groups in total. The standard InChI is InChI=1S/C14H14N2O2/c1-11-7-8-16(10-15-11)9-14(17)12-3-5-13(18-2)6-4-12/h3-10H,1-2H3/b14-9+. The highest BCUT2D eigenvalue weighted by molar-refractivity contribution is 5.64. The van der Waals surface area contributed by atoms with Crippen molar-refractivity contribution in [2.75, 3.05) is 7.11 Å². The quantitative estimate of drug-likeness (QED) is 0.596. The molecule has 1 aromatic carbocycles. The molecular formula is C14H14N2O2. The maximum absolute atomic E-state index is 12.0. The Balaban J connectivity index is 2.23. The van der Waals surface area contributed by atoms with Crippen LogP contribution in [0.2, 0.25) is 0 Å². The summed E-state index contributed by atoms with van der Waals surface area (Å²) < 4.78 is 6.68. The Kier molecular flexibility index (Phi) is 3.57. The van der Waals surface area contributed by atoms with Crippen molar-refractivity contribution in [3.63, 3.8) is 0 Å². The van der Waals surface area contributed by atoms with Gasteiger partial charge in [0.05, 0.1) is 19.5 Å². The lowest BCUT2D eigenvalue weighted by molar-refractivity contribution is -0.573. The Morgan fingerprint density at radius 1 is 1.28 bits per heavy atom. The first-order valence-electron chi connectivity index (χ1n) is 5.55. The molecule has 92 valence electrons. The Morgan fingerprint density at radius 2 is 2.00 bits per heavy atom. The SMILES string of the molecule is COc1ccc(/C([O-])=C\[n+]2ccc(C)nc2)cc1. The molecule has 0 aliphatic heterocycles. The van der Waals surface area contributed by atoms with E-state index in [1.54, 1.807) is 48.5 Å². The van der Waals surface area contributed by atoms with E-state index < -0.39 is 0 Å². The van der Waals surface area contributed by atoms with Crippen LogP contribution in [0, 0.1) is 6.92 Å². The number of methoxy groups -OCH3 is 1. The normalized spacial score (nSPS) is 11.3. The third-order valence-electron chi connectivity index (χ3n) is 2.52. The van der Waals surface area contributed by atoms with Crippen LogP contribution >= 0.6 is 0 Å². The van der Waals surface area contributed by atoms with E-state index in [0.717, 1.165) is 11.4 Å². The maximum Gasteiger partial charge on any atom is 0.290 e. The Hall–Kier alpha value is -2.36. The van der Waals surface area contributed by atoms with Crippen LogP contribution in [0.5, 0.6) is 5.75 Å². The van der Waals surface area contributed by atoms with E-state index in [1.165, 1.54) is 6.20 Å². The zero-order chi connectivity index (χ0) is 13.0. The molecule has 4 nitrogen and oxygen atoms in total. The second-order valence-corrected chi connectivity index (χ2v) is 3.87. The summed E-state index contributed by atoms with van der Waals surface area (Å²) in [6.07, 6.45) is 4.90. The monoisotopic (exact) mass is 242 g/mol. The first-order valence-corrected chi connectivity index (χ1v) is 5.55. The molecule has 0 saturated carbocycles. The smallest absolute Gasteiger partial charge is 0.290 e. The van der Waals surface area contributed by atoms with Crippen LogP contribution in [0.25, 0.3) is 12.0 Å². The van der Waals surface area contributed by atoms with Crippen LogP contribution in [-0.4, -0.2) is 12.1 Å². The van der Waals surface area contributed by atoms with Crippen LogP contribution in [0.15, 0.2) is 42.9 Å². The summed E-state index contributed by atoms with van der Waals surface area (Å²) in [6, 6.07) is 8.84. The van der Waals surface area contributed by atoms with E-state index in [4.69, 9.17) is 4.74 Å². The lowest BCUT2D eigenvalue weighted by Crippen LogP contribution is -2.27. The molecule has 2 rings (SSSR count). The van der Waals surface area contributed by atoms with Crippen molar-refractivity contribution in [1.29, 1.82) is 0 Å². The highest BCUT2D eigenvalue weighted by Crippen LogP contribution is 2.14. The van der Waals surface area contributed by atoms with Crippen LogP contribution < -0.4 is 14.4 Å². The van der Waals surface area contributed by atoms with Crippen molar-refractivity contribution in [3.8, 4) is 5.75 Å². The van der Waals surface area contributed by atoms with Crippen LogP contribution in [0.4, 0.5) is 0 Å². The summed E-state index contributed by atoms with van der Waals surface area (Å²) in [6.45, 7) is 1.90. The van der Waals surface area contributed by atoms with Crippen molar-refractivity contribution < 1.29 is 14.4 Å². The fraction of sp³-hybridized carbons (Fsp3) is 0.143. The average molecular weight is 242 g/mol. The third-order valence-corrected chi connectivity index (χ3v) is 2.52. The molecule has 0 aliphatic carbocycles. The molecule has 2 aromatic rings. The van der Waals surface area contributed by atoms with Crippen LogP contribution in [0.3, 0.4) is 0 Å². The van der Waals surface area contributed by atoms with Gasteiger partial charge < -0.3 is 9.84 Å². The van der Waals surface area contributed by atoms with E-state index >= 15 is 0 Å². The van der Waals surface area contributed by atoms with E-state index in [9.17, 15) is 5.11 Å². The maximum atomic E-state index is 12.0. The minimum atomic E-state index is -0.0756. The summed E-state index contributed by atoms with van der Waals surface area (Å²) in [4.78, 5) is 4.11. The van der Waals surface area contributed by atoms with Crippen molar-refractivity contribution in [3.05, 3.63) is 54.1 Å². The molecule has 0 unspecified atom stereocenters. The highest BCUT2D eigenvalue weighted by atomic mass is 16.5. The average Bonchev–Trinajstić information content (AvgIpc) is 2.41. The first-order chi connectivity index (χ1) is 8.69. The molecule has 0 atom stereocenters. The molecule has 0 radical (unpaired) electrons. The zero-order valence-corrected chi connectivity index (χ0v) is 10.3. The van der Waals surface area contributed by atoms with Gasteiger partial charge in [0.25, 0.3) is 6.33 Å².